The highest BCUT2D eigenvalue weighted by atomic mass is 32.2. The van der Waals surface area contributed by atoms with Crippen LogP contribution < -0.4 is 16.2 Å². The van der Waals surface area contributed by atoms with Gasteiger partial charge in [0.15, 0.2) is 0 Å². The standard InChI is InChI=1S/C15H18N4O2S/c16-11-4-6-13-10(8-11)2-1-3-14(13)19-15-7-5-12(9-18-15)22(17,20)21/h4-9,14H,1-3,16H2,(H,18,19)(H2,17,20,21). The van der Waals surface area contributed by atoms with Crippen molar-refractivity contribution < 1.29 is 8.42 Å². The first-order valence-corrected chi connectivity index (χ1v) is 8.62. The summed E-state index contributed by atoms with van der Waals surface area (Å²) in [5, 5.41) is 8.42. The van der Waals surface area contributed by atoms with Gasteiger partial charge in [0.25, 0.3) is 0 Å². The monoisotopic (exact) mass is 318 g/mol. The Bertz CT molecular complexity index is 788. The Hall–Kier alpha value is -2.12. The molecule has 1 aromatic carbocycles. The first-order chi connectivity index (χ1) is 10.4. The van der Waals surface area contributed by atoms with Gasteiger partial charge in [-0.25, -0.2) is 18.5 Å². The van der Waals surface area contributed by atoms with Crippen molar-refractivity contribution in [1.82, 2.24) is 4.98 Å². The molecule has 0 spiro atoms. The van der Waals surface area contributed by atoms with Gasteiger partial charge in [-0.15, -0.1) is 0 Å². The Kier molecular flexibility index (Phi) is 3.76. The zero-order valence-corrected chi connectivity index (χ0v) is 12.8. The van der Waals surface area contributed by atoms with E-state index in [9.17, 15) is 8.42 Å². The highest BCUT2D eigenvalue weighted by Gasteiger charge is 2.20. The highest BCUT2D eigenvalue weighted by Crippen LogP contribution is 2.33. The number of rotatable bonds is 3. The third-order valence-corrected chi connectivity index (χ3v) is 4.77. The molecular weight excluding hydrogens is 300 g/mol. The van der Waals surface area contributed by atoms with Gasteiger partial charge in [-0.3, -0.25) is 0 Å². The molecule has 1 heterocycles. The van der Waals surface area contributed by atoms with E-state index in [0.29, 0.717) is 5.82 Å². The summed E-state index contributed by atoms with van der Waals surface area (Å²) in [6.45, 7) is 0. The molecule has 1 aliphatic carbocycles. The van der Waals surface area contributed by atoms with Crippen molar-refractivity contribution in [2.75, 3.05) is 11.1 Å². The zero-order valence-electron chi connectivity index (χ0n) is 12.0. The molecule has 1 unspecified atom stereocenters. The lowest BCUT2D eigenvalue weighted by Crippen LogP contribution is -2.18. The van der Waals surface area contributed by atoms with Crippen LogP contribution in [-0.4, -0.2) is 13.4 Å². The average molecular weight is 318 g/mol. The normalized spacial score (nSPS) is 17.8. The molecule has 3 rings (SSSR count). The minimum atomic E-state index is -3.71. The van der Waals surface area contributed by atoms with Gasteiger partial charge in [0.2, 0.25) is 10.0 Å². The number of primary sulfonamides is 1. The summed E-state index contributed by atoms with van der Waals surface area (Å²) >= 11 is 0. The summed E-state index contributed by atoms with van der Waals surface area (Å²) in [7, 11) is -3.71. The van der Waals surface area contributed by atoms with Crippen LogP contribution in [0.1, 0.15) is 30.0 Å². The number of benzene rings is 1. The predicted octanol–water partition coefficient (Wildman–Crippen LogP) is 1.80. The number of fused-ring (bicyclic) bond motifs is 1. The number of pyridine rings is 1. The van der Waals surface area contributed by atoms with Crippen molar-refractivity contribution in [3.63, 3.8) is 0 Å². The number of aryl methyl sites for hydroxylation is 1. The van der Waals surface area contributed by atoms with Crippen LogP contribution in [0.2, 0.25) is 0 Å². The second-order valence-corrected chi connectivity index (χ2v) is 7.03. The average Bonchev–Trinajstić information content (AvgIpc) is 2.47. The van der Waals surface area contributed by atoms with Gasteiger partial charge < -0.3 is 11.1 Å². The van der Waals surface area contributed by atoms with Crippen LogP contribution in [0.25, 0.3) is 0 Å². The van der Waals surface area contributed by atoms with Crippen LogP contribution in [0, 0.1) is 0 Å². The van der Waals surface area contributed by atoms with Crippen LogP contribution in [-0.2, 0) is 16.4 Å². The maximum atomic E-state index is 11.2. The van der Waals surface area contributed by atoms with E-state index in [0.717, 1.165) is 24.9 Å². The first-order valence-electron chi connectivity index (χ1n) is 7.07. The first kappa shape index (κ1) is 14.8. The number of anilines is 2. The molecule has 0 fully saturated rings. The minimum Gasteiger partial charge on any atom is -0.399 e. The molecule has 0 bridgehead atoms. The van der Waals surface area contributed by atoms with E-state index >= 15 is 0 Å². The molecule has 6 nitrogen and oxygen atoms in total. The number of nitrogens with zero attached hydrogens (tertiary/aromatic N) is 1. The second kappa shape index (κ2) is 5.58. The number of sulfonamides is 1. The van der Waals surface area contributed by atoms with Crippen molar-refractivity contribution in [2.45, 2.75) is 30.2 Å². The Balaban J connectivity index is 1.83. The van der Waals surface area contributed by atoms with Crippen LogP contribution in [0.3, 0.4) is 0 Å². The van der Waals surface area contributed by atoms with Crippen LogP contribution in [0.15, 0.2) is 41.4 Å². The molecule has 0 amide bonds. The van der Waals surface area contributed by atoms with Crippen molar-refractivity contribution >= 4 is 21.5 Å². The van der Waals surface area contributed by atoms with Gasteiger partial charge >= 0.3 is 0 Å². The number of aromatic nitrogens is 1. The van der Waals surface area contributed by atoms with Crippen molar-refractivity contribution in [3.05, 3.63) is 47.7 Å². The quantitative estimate of drug-likeness (QED) is 0.747. The molecule has 1 aliphatic rings. The SMILES string of the molecule is Nc1ccc2c(c1)CCCC2Nc1ccc(S(N)(=O)=O)cn1. The molecule has 22 heavy (non-hydrogen) atoms. The molecule has 0 radical (unpaired) electrons. The zero-order chi connectivity index (χ0) is 15.7. The maximum absolute atomic E-state index is 11.2. The van der Waals surface area contributed by atoms with Crippen molar-refractivity contribution in [1.29, 1.82) is 0 Å². The van der Waals surface area contributed by atoms with Gasteiger partial charge in [0.1, 0.15) is 10.7 Å². The molecule has 7 heteroatoms. The van der Waals surface area contributed by atoms with Gasteiger partial charge in [-0.1, -0.05) is 6.07 Å². The predicted molar refractivity (Wildman–Crippen MR) is 85.8 cm³/mol. The van der Waals surface area contributed by atoms with Gasteiger partial charge in [-0.05, 0) is 54.7 Å². The topological polar surface area (TPSA) is 111 Å². The summed E-state index contributed by atoms with van der Waals surface area (Å²) in [5.41, 5.74) is 9.08. The number of nitrogens with one attached hydrogen (secondary N) is 1. The molecule has 0 aliphatic heterocycles. The smallest absolute Gasteiger partial charge is 0.239 e. The Morgan fingerprint density at radius 1 is 1.23 bits per heavy atom. The summed E-state index contributed by atoms with van der Waals surface area (Å²) < 4.78 is 22.5. The molecule has 1 aromatic heterocycles. The highest BCUT2D eigenvalue weighted by molar-refractivity contribution is 7.89. The largest absolute Gasteiger partial charge is 0.399 e. The van der Waals surface area contributed by atoms with Gasteiger partial charge in [0, 0.05) is 11.9 Å². The molecular formula is C15H18N4O2S. The fourth-order valence-electron chi connectivity index (χ4n) is 2.80. The van der Waals surface area contributed by atoms with E-state index < -0.39 is 10.0 Å². The van der Waals surface area contributed by atoms with Crippen LogP contribution >= 0.6 is 0 Å². The third-order valence-electron chi connectivity index (χ3n) is 3.87. The van der Waals surface area contributed by atoms with E-state index in [1.165, 1.54) is 23.4 Å². The minimum absolute atomic E-state index is 0.00914. The lowest BCUT2D eigenvalue weighted by atomic mass is 9.87. The molecule has 2 aromatic rings. The van der Waals surface area contributed by atoms with Gasteiger partial charge in [0.05, 0.1) is 6.04 Å². The Labute approximate surface area is 129 Å². The number of nitrogens with two attached hydrogens (primary N) is 2. The Morgan fingerprint density at radius 2 is 2.05 bits per heavy atom. The molecule has 0 saturated carbocycles. The molecule has 5 N–H and O–H groups in total. The third kappa shape index (κ3) is 3.05. The fraction of sp³-hybridized carbons (Fsp3) is 0.267. The number of hydrogen-bond donors (Lipinski definition) is 3. The summed E-state index contributed by atoms with van der Waals surface area (Å²) in [4.78, 5) is 4.14. The van der Waals surface area contributed by atoms with E-state index in [1.54, 1.807) is 6.07 Å². The lowest BCUT2D eigenvalue weighted by molar-refractivity contribution is 0.596. The lowest BCUT2D eigenvalue weighted by Gasteiger charge is -2.27. The molecule has 116 valence electrons. The maximum Gasteiger partial charge on any atom is 0.239 e. The summed E-state index contributed by atoms with van der Waals surface area (Å²) in [6, 6.07) is 9.19. The van der Waals surface area contributed by atoms with Crippen LogP contribution in [0.5, 0.6) is 0 Å². The fourth-order valence-corrected chi connectivity index (χ4v) is 3.25. The van der Waals surface area contributed by atoms with Crippen molar-refractivity contribution in [2.24, 2.45) is 5.14 Å². The summed E-state index contributed by atoms with van der Waals surface area (Å²) in [5.74, 6) is 0.627. The molecule has 0 saturated heterocycles. The van der Waals surface area contributed by atoms with Gasteiger partial charge in [-0.2, -0.15) is 0 Å². The summed E-state index contributed by atoms with van der Waals surface area (Å²) in [6.07, 6.45) is 4.36. The van der Waals surface area contributed by atoms with E-state index in [-0.39, 0.29) is 10.9 Å². The number of hydrogen-bond acceptors (Lipinski definition) is 5. The Morgan fingerprint density at radius 3 is 2.73 bits per heavy atom. The van der Waals surface area contributed by atoms with E-state index in [1.807, 2.05) is 18.2 Å². The van der Waals surface area contributed by atoms with Crippen molar-refractivity contribution in [3.8, 4) is 0 Å². The molecule has 1 atom stereocenters. The van der Waals surface area contributed by atoms with E-state index in [4.69, 9.17) is 10.9 Å². The number of nitrogen functional groups attached to an aromatic ring is 1. The second-order valence-electron chi connectivity index (χ2n) is 5.47. The van der Waals surface area contributed by atoms with Crippen LogP contribution in [0.4, 0.5) is 11.5 Å². The van der Waals surface area contributed by atoms with E-state index in [2.05, 4.69) is 10.3 Å².